The summed E-state index contributed by atoms with van der Waals surface area (Å²) in [7, 11) is -3.50. The highest BCUT2D eigenvalue weighted by Crippen LogP contribution is 2.20. The van der Waals surface area contributed by atoms with Crippen molar-refractivity contribution in [3.8, 4) is 0 Å². The lowest BCUT2D eigenvalue weighted by molar-refractivity contribution is 0.0393. The lowest BCUT2D eigenvalue weighted by atomic mass is 10.3. The standard InChI is InChI=1S/C10H15N3O3S/c1-8-7-16-5-4-13(8)17(14,15)9-2-3-12-10(11)6-9/h2-3,6,8H,4-5,7H2,1H3,(H2,11,12). The molecule has 0 saturated carbocycles. The lowest BCUT2D eigenvalue weighted by Gasteiger charge is -2.32. The van der Waals surface area contributed by atoms with E-state index in [9.17, 15) is 8.42 Å². The Morgan fingerprint density at radius 3 is 3.00 bits per heavy atom. The third-order valence-electron chi connectivity index (χ3n) is 2.67. The SMILES string of the molecule is CC1COCCN1S(=O)(=O)c1ccnc(N)c1. The average molecular weight is 257 g/mol. The molecule has 0 aromatic carbocycles. The third kappa shape index (κ3) is 2.41. The molecule has 1 fully saturated rings. The second-order valence-corrected chi connectivity index (χ2v) is 5.85. The number of hydrogen-bond donors (Lipinski definition) is 1. The van der Waals surface area contributed by atoms with Gasteiger partial charge in [-0.1, -0.05) is 0 Å². The van der Waals surface area contributed by atoms with Crippen molar-refractivity contribution in [1.82, 2.24) is 9.29 Å². The van der Waals surface area contributed by atoms with Crippen LogP contribution in [0.25, 0.3) is 0 Å². The number of rotatable bonds is 2. The van der Waals surface area contributed by atoms with Gasteiger partial charge in [0.1, 0.15) is 5.82 Å². The van der Waals surface area contributed by atoms with Gasteiger partial charge in [0.05, 0.1) is 18.1 Å². The summed E-state index contributed by atoms with van der Waals surface area (Å²) in [4.78, 5) is 3.97. The van der Waals surface area contributed by atoms with Crippen molar-refractivity contribution >= 4 is 15.8 Å². The number of aromatic nitrogens is 1. The van der Waals surface area contributed by atoms with E-state index in [0.717, 1.165) is 0 Å². The van der Waals surface area contributed by atoms with Crippen LogP contribution in [0, 0.1) is 0 Å². The normalized spacial score (nSPS) is 22.5. The Labute approximate surface area is 100 Å². The molecule has 17 heavy (non-hydrogen) atoms. The zero-order valence-electron chi connectivity index (χ0n) is 9.54. The average Bonchev–Trinajstić information content (AvgIpc) is 2.29. The summed E-state index contributed by atoms with van der Waals surface area (Å²) in [5.41, 5.74) is 5.50. The number of pyridine rings is 1. The second-order valence-electron chi connectivity index (χ2n) is 3.96. The van der Waals surface area contributed by atoms with E-state index in [-0.39, 0.29) is 16.8 Å². The van der Waals surface area contributed by atoms with E-state index in [2.05, 4.69) is 4.98 Å². The number of sulfonamides is 1. The van der Waals surface area contributed by atoms with E-state index in [1.165, 1.54) is 22.6 Å². The quantitative estimate of drug-likeness (QED) is 0.810. The van der Waals surface area contributed by atoms with Crippen molar-refractivity contribution in [3.63, 3.8) is 0 Å². The maximum atomic E-state index is 12.3. The fourth-order valence-corrected chi connectivity index (χ4v) is 3.42. The first-order valence-corrected chi connectivity index (χ1v) is 6.77. The predicted molar refractivity (Wildman–Crippen MR) is 62.8 cm³/mol. The molecule has 1 unspecified atom stereocenters. The van der Waals surface area contributed by atoms with Crippen LogP contribution < -0.4 is 5.73 Å². The van der Waals surface area contributed by atoms with E-state index in [1.807, 2.05) is 6.92 Å². The van der Waals surface area contributed by atoms with Crippen LogP contribution >= 0.6 is 0 Å². The Hall–Kier alpha value is -1.18. The van der Waals surface area contributed by atoms with Gasteiger partial charge in [-0.3, -0.25) is 0 Å². The number of hydrogen-bond acceptors (Lipinski definition) is 5. The Kier molecular flexibility index (Phi) is 3.32. The summed E-state index contributed by atoms with van der Waals surface area (Å²) in [5.74, 6) is 0.201. The Balaban J connectivity index is 2.35. The van der Waals surface area contributed by atoms with E-state index >= 15 is 0 Å². The smallest absolute Gasteiger partial charge is 0.243 e. The van der Waals surface area contributed by atoms with E-state index < -0.39 is 10.0 Å². The number of nitrogens with zero attached hydrogens (tertiary/aromatic N) is 2. The van der Waals surface area contributed by atoms with Gasteiger partial charge in [0.25, 0.3) is 0 Å². The first-order valence-electron chi connectivity index (χ1n) is 5.33. The Morgan fingerprint density at radius 1 is 1.59 bits per heavy atom. The van der Waals surface area contributed by atoms with Crippen LogP contribution in [0.5, 0.6) is 0 Å². The van der Waals surface area contributed by atoms with Gasteiger partial charge in [-0.25, -0.2) is 13.4 Å². The van der Waals surface area contributed by atoms with Crippen molar-refractivity contribution in [1.29, 1.82) is 0 Å². The molecule has 1 saturated heterocycles. The van der Waals surface area contributed by atoms with Crippen LogP contribution in [-0.2, 0) is 14.8 Å². The first-order chi connectivity index (χ1) is 8.01. The fourth-order valence-electron chi connectivity index (χ4n) is 1.79. The molecule has 94 valence electrons. The highest BCUT2D eigenvalue weighted by Gasteiger charge is 2.31. The van der Waals surface area contributed by atoms with Crippen LogP contribution in [0.2, 0.25) is 0 Å². The summed E-state index contributed by atoms with van der Waals surface area (Å²) >= 11 is 0. The van der Waals surface area contributed by atoms with Crippen molar-refractivity contribution in [2.45, 2.75) is 17.9 Å². The zero-order valence-corrected chi connectivity index (χ0v) is 10.4. The lowest BCUT2D eigenvalue weighted by Crippen LogP contribution is -2.46. The molecule has 2 rings (SSSR count). The Bertz CT molecular complexity index is 503. The zero-order chi connectivity index (χ0) is 12.5. The number of nitrogens with two attached hydrogens (primary N) is 1. The second kappa shape index (κ2) is 4.59. The van der Waals surface area contributed by atoms with Gasteiger partial charge in [0.15, 0.2) is 0 Å². The molecule has 1 aliphatic heterocycles. The maximum absolute atomic E-state index is 12.3. The van der Waals surface area contributed by atoms with Crippen molar-refractivity contribution in [3.05, 3.63) is 18.3 Å². The molecule has 1 atom stereocenters. The van der Waals surface area contributed by atoms with E-state index in [1.54, 1.807) is 0 Å². The number of ether oxygens (including phenoxy) is 1. The van der Waals surface area contributed by atoms with Crippen molar-refractivity contribution in [2.24, 2.45) is 0 Å². The molecule has 1 aromatic heterocycles. The number of nitrogen functional groups attached to an aromatic ring is 1. The first kappa shape index (κ1) is 12.3. The van der Waals surface area contributed by atoms with Crippen LogP contribution in [-0.4, -0.2) is 43.5 Å². The van der Waals surface area contributed by atoms with Gasteiger partial charge < -0.3 is 10.5 Å². The molecule has 1 aliphatic rings. The third-order valence-corrected chi connectivity index (χ3v) is 4.68. The molecule has 7 heteroatoms. The van der Waals surface area contributed by atoms with Gasteiger partial charge in [-0.05, 0) is 13.0 Å². The Morgan fingerprint density at radius 2 is 2.35 bits per heavy atom. The fraction of sp³-hybridized carbons (Fsp3) is 0.500. The minimum Gasteiger partial charge on any atom is -0.384 e. The monoisotopic (exact) mass is 257 g/mol. The highest BCUT2D eigenvalue weighted by molar-refractivity contribution is 7.89. The molecule has 0 spiro atoms. The predicted octanol–water partition coefficient (Wildman–Crippen LogP) is 0.0732. The molecule has 6 nitrogen and oxygen atoms in total. The molecule has 0 amide bonds. The van der Waals surface area contributed by atoms with Gasteiger partial charge in [-0.15, -0.1) is 0 Å². The van der Waals surface area contributed by atoms with Crippen LogP contribution in [0.3, 0.4) is 0 Å². The van der Waals surface area contributed by atoms with Crippen LogP contribution in [0.15, 0.2) is 23.2 Å². The van der Waals surface area contributed by atoms with Gasteiger partial charge >= 0.3 is 0 Å². The largest absolute Gasteiger partial charge is 0.384 e. The minimum absolute atomic E-state index is 0.164. The molecular weight excluding hydrogens is 242 g/mol. The number of anilines is 1. The van der Waals surface area contributed by atoms with Crippen LogP contribution in [0.1, 0.15) is 6.92 Å². The minimum atomic E-state index is -3.50. The molecule has 2 N–H and O–H groups in total. The van der Waals surface area contributed by atoms with Gasteiger partial charge in [0, 0.05) is 24.8 Å². The van der Waals surface area contributed by atoms with Crippen molar-refractivity contribution < 1.29 is 13.2 Å². The van der Waals surface area contributed by atoms with Gasteiger partial charge in [-0.2, -0.15) is 4.31 Å². The summed E-state index contributed by atoms with van der Waals surface area (Å²) in [6.07, 6.45) is 1.40. The molecule has 2 heterocycles. The topological polar surface area (TPSA) is 85.5 Å². The number of morpholine rings is 1. The van der Waals surface area contributed by atoms with Gasteiger partial charge in [0.2, 0.25) is 10.0 Å². The van der Waals surface area contributed by atoms with Crippen molar-refractivity contribution in [2.75, 3.05) is 25.5 Å². The molecule has 1 aromatic rings. The van der Waals surface area contributed by atoms with E-state index in [4.69, 9.17) is 10.5 Å². The molecule has 0 radical (unpaired) electrons. The van der Waals surface area contributed by atoms with E-state index in [0.29, 0.717) is 19.8 Å². The summed E-state index contributed by atoms with van der Waals surface area (Å²) < 4.78 is 31.3. The summed E-state index contributed by atoms with van der Waals surface area (Å²) in [6, 6.07) is 2.66. The molecular formula is C10H15N3O3S. The molecule has 0 bridgehead atoms. The summed E-state index contributed by atoms with van der Waals surface area (Å²) in [6.45, 7) is 3.02. The summed E-state index contributed by atoms with van der Waals surface area (Å²) in [5, 5.41) is 0. The van der Waals surface area contributed by atoms with Crippen LogP contribution in [0.4, 0.5) is 5.82 Å². The highest BCUT2D eigenvalue weighted by atomic mass is 32.2. The molecule has 0 aliphatic carbocycles. The maximum Gasteiger partial charge on any atom is 0.243 e.